The first-order chi connectivity index (χ1) is 9.92. The average molecular weight is 354 g/mol. The van der Waals surface area contributed by atoms with Crippen molar-refractivity contribution in [1.29, 1.82) is 0 Å². The maximum absolute atomic E-state index is 13.7. The lowest BCUT2D eigenvalue weighted by atomic mass is 9.96. The Morgan fingerprint density at radius 2 is 1.71 bits per heavy atom. The number of halogens is 3. The third-order valence-electron chi connectivity index (χ3n) is 3.51. The summed E-state index contributed by atoms with van der Waals surface area (Å²) in [5.41, 5.74) is 4.28. The van der Waals surface area contributed by atoms with Crippen molar-refractivity contribution in [2.24, 2.45) is 0 Å². The summed E-state index contributed by atoms with van der Waals surface area (Å²) in [6.07, 6.45) is 0.711. The molecule has 112 valence electrons. The quantitative estimate of drug-likeness (QED) is 0.775. The summed E-state index contributed by atoms with van der Waals surface area (Å²) in [5.74, 6) is -1.68. The van der Waals surface area contributed by atoms with E-state index in [0.29, 0.717) is 6.42 Å². The molecule has 0 aliphatic carbocycles. The van der Waals surface area contributed by atoms with Gasteiger partial charge in [0, 0.05) is 6.04 Å². The Kier molecular flexibility index (Phi) is 5.12. The number of nitrogens with one attached hydrogen (secondary N) is 1. The van der Waals surface area contributed by atoms with E-state index in [4.69, 9.17) is 0 Å². The van der Waals surface area contributed by atoms with Gasteiger partial charge in [0.05, 0.1) is 4.47 Å². The first-order valence-electron chi connectivity index (χ1n) is 6.80. The van der Waals surface area contributed by atoms with Crippen molar-refractivity contribution >= 4 is 15.9 Å². The van der Waals surface area contributed by atoms with Crippen molar-refractivity contribution in [3.05, 3.63) is 68.7 Å². The molecule has 0 amide bonds. The zero-order valence-corrected chi connectivity index (χ0v) is 13.9. The summed E-state index contributed by atoms with van der Waals surface area (Å²) in [6.45, 7) is 4.11. The monoisotopic (exact) mass is 353 g/mol. The van der Waals surface area contributed by atoms with Crippen LogP contribution >= 0.6 is 15.9 Å². The van der Waals surface area contributed by atoms with Gasteiger partial charge in [-0.2, -0.15) is 0 Å². The smallest absolute Gasteiger partial charge is 0.173 e. The van der Waals surface area contributed by atoms with Gasteiger partial charge in [0.1, 0.15) is 0 Å². The second kappa shape index (κ2) is 6.67. The van der Waals surface area contributed by atoms with Gasteiger partial charge in [-0.15, -0.1) is 0 Å². The highest BCUT2D eigenvalue weighted by molar-refractivity contribution is 9.10. The molecular formula is C17H18BrF2N. The Morgan fingerprint density at radius 1 is 1.10 bits per heavy atom. The van der Waals surface area contributed by atoms with E-state index in [0.717, 1.165) is 5.56 Å². The average Bonchev–Trinajstić information content (AvgIpc) is 2.42. The van der Waals surface area contributed by atoms with E-state index in [1.807, 2.05) is 7.05 Å². The van der Waals surface area contributed by atoms with E-state index in [1.165, 1.54) is 22.8 Å². The van der Waals surface area contributed by atoms with Crippen LogP contribution in [0.25, 0.3) is 0 Å². The Bertz CT molecular complexity index is 635. The molecule has 0 saturated carbocycles. The standard InChI is InChI=1S/C17H18BrF2N/c1-10-6-11(2)8-12(7-10)9-15(21-3)13-4-5-14(19)17(20)16(13)18/h4-8,15,21H,9H2,1-3H3. The largest absolute Gasteiger partial charge is 0.313 e. The first kappa shape index (κ1) is 16.1. The SMILES string of the molecule is CNC(Cc1cc(C)cc(C)c1)c1ccc(F)c(F)c1Br. The van der Waals surface area contributed by atoms with Crippen LogP contribution in [0.4, 0.5) is 8.78 Å². The lowest BCUT2D eigenvalue weighted by molar-refractivity contribution is 0.495. The first-order valence-corrected chi connectivity index (χ1v) is 7.59. The van der Waals surface area contributed by atoms with Gasteiger partial charge in [-0.05, 0) is 60.4 Å². The number of hydrogen-bond donors (Lipinski definition) is 1. The minimum atomic E-state index is -0.841. The minimum absolute atomic E-state index is 0.0873. The van der Waals surface area contributed by atoms with Gasteiger partial charge >= 0.3 is 0 Å². The van der Waals surface area contributed by atoms with Crippen molar-refractivity contribution in [3.63, 3.8) is 0 Å². The molecule has 0 bridgehead atoms. The van der Waals surface area contributed by atoms with E-state index in [2.05, 4.69) is 53.3 Å². The van der Waals surface area contributed by atoms with Crippen LogP contribution < -0.4 is 5.32 Å². The molecule has 2 rings (SSSR count). The van der Waals surface area contributed by atoms with Crippen molar-refractivity contribution in [3.8, 4) is 0 Å². The summed E-state index contributed by atoms with van der Waals surface area (Å²) in [7, 11) is 1.82. The molecule has 21 heavy (non-hydrogen) atoms. The van der Waals surface area contributed by atoms with E-state index in [9.17, 15) is 8.78 Å². The Morgan fingerprint density at radius 3 is 2.29 bits per heavy atom. The molecule has 1 nitrogen and oxygen atoms in total. The zero-order valence-electron chi connectivity index (χ0n) is 12.3. The van der Waals surface area contributed by atoms with Crippen molar-refractivity contribution in [2.45, 2.75) is 26.3 Å². The van der Waals surface area contributed by atoms with E-state index < -0.39 is 11.6 Å². The molecule has 2 aromatic carbocycles. The second-order valence-electron chi connectivity index (χ2n) is 5.31. The van der Waals surface area contributed by atoms with Gasteiger partial charge in [0.2, 0.25) is 0 Å². The predicted octanol–water partition coefficient (Wildman–Crippen LogP) is 4.85. The molecule has 0 aromatic heterocycles. The van der Waals surface area contributed by atoms with Gasteiger partial charge in [-0.3, -0.25) is 0 Å². The Hall–Kier alpha value is -1.26. The lowest BCUT2D eigenvalue weighted by Gasteiger charge is -2.19. The molecule has 0 fully saturated rings. The maximum atomic E-state index is 13.7. The Balaban J connectivity index is 2.34. The van der Waals surface area contributed by atoms with E-state index >= 15 is 0 Å². The molecule has 0 spiro atoms. The van der Waals surface area contributed by atoms with Crippen molar-refractivity contribution in [1.82, 2.24) is 5.32 Å². The fraction of sp³-hybridized carbons (Fsp3) is 0.294. The molecule has 1 N–H and O–H groups in total. The highest BCUT2D eigenvalue weighted by Crippen LogP contribution is 2.30. The van der Waals surface area contributed by atoms with E-state index in [-0.39, 0.29) is 10.5 Å². The van der Waals surface area contributed by atoms with Gasteiger partial charge in [-0.25, -0.2) is 8.78 Å². The molecule has 0 aliphatic rings. The topological polar surface area (TPSA) is 12.0 Å². The Labute approximate surface area is 132 Å². The molecule has 0 saturated heterocycles. The predicted molar refractivity (Wildman–Crippen MR) is 85.5 cm³/mol. The number of hydrogen-bond acceptors (Lipinski definition) is 1. The molecule has 4 heteroatoms. The van der Waals surface area contributed by atoms with Crippen LogP contribution in [0.15, 0.2) is 34.8 Å². The fourth-order valence-electron chi connectivity index (χ4n) is 2.60. The summed E-state index contributed by atoms with van der Waals surface area (Å²) in [5, 5.41) is 3.17. The van der Waals surface area contributed by atoms with Crippen LogP contribution in [-0.4, -0.2) is 7.05 Å². The molecule has 1 unspecified atom stereocenters. The van der Waals surface area contributed by atoms with Crippen LogP contribution in [0.2, 0.25) is 0 Å². The molecule has 1 atom stereocenters. The molecule has 0 heterocycles. The van der Waals surface area contributed by atoms with Crippen LogP contribution in [0.1, 0.15) is 28.3 Å². The van der Waals surface area contributed by atoms with Crippen LogP contribution in [0.3, 0.4) is 0 Å². The van der Waals surface area contributed by atoms with Crippen molar-refractivity contribution in [2.75, 3.05) is 7.05 Å². The lowest BCUT2D eigenvalue weighted by Crippen LogP contribution is -2.20. The second-order valence-corrected chi connectivity index (χ2v) is 6.10. The molecular weight excluding hydrogens is 336 g/mol. The van der Waals surface area contributed by atoms with Crippen LogP contribution in [-0.2, 0) is 6.42 Å². The zero-order chi connectivity index (χ0) is 15.6. The number of benzene rings is 2. The molecule has 2 aromatic rings. The summed E-state index contributed by atoms with van der Waals surface area (Å²) in [4.78, 5) is 0. The third kappa shape index (κ3) is 3.69. The van der Waals surface area contributed by atoms with Gasteiger partial charge in [-0.1, -0.05) is 35.4 Å². The normalized spacial score (nSPS) is 12.5. The fourth-order valence-corrected chi connectivity index (χ4v) is 3.20. The summed E-state index contributed by atoms with van der Waals surface area (Å²) >= 11 is 3.16. The van der Waals surface area contributed by atoms with Crippen molar-refractivity contribution < 1.29 is 8.78 Å². The van der Waals surface area contributed by atoms with Gasteiger partial charge < -0.3 is 5.32 Å². The molecule has 0 aliphatic heterocycles. The van der Waals surface area contributed by atoms with Crippen LogP contribution in [0.5, 0.6) is 0 Å². The third-order valence-corrected chi connectivity index (χ3v) is 4.32. The highest BCUT2D eigenvalue weighted by atomic mass is 79.9. The van der Waals surface area contributed by atoms with Crippen LogP contribution in [0, 0.1) is 25.5 Å². The summed E-state index contributed by atoms with van der Waals surface area (Å²) in [6, 6.07) is 9.05. The van der Waals surface area contributed by atoms with Gasteiger partial charge in [0.15, 0.2) is 11.6 Å². The number of aryl methyl sites for hydroxylation is 2. The number of rotatable bonds is 4. The van der Waals surface area contributed by atoms with Gasteiger partial charge in [0.25, 0.3) is 0 Å². The van der Waals surface area contributed by atoms with E-state index in [1.54, 1.807) is 6.07 Å². The summed E-state index contributed by atoms with van der Waals surface area (Å²) < 4.78 is 27.1. The minimum Gasteiger partial charge on any atom is -0.313 e. The molecule has 0 radical (unpaired) electrons. The highest BCUT2D eigenvalue weighted by Gasteiger charge is 2.18. The maximum Gasteiger partial charge on any atom is 0.173 e. The number of likely N-dealkylation sites (N-methyl/N-ethyl adjacent to an activating group) is 1.